The molecule has 1 heterocycles. The number of benzene rings is 1. The molecule has 1 fully saturated rings. The second-order valence-electron chi connectivity index (χ2n) is 8.30. The van der Waals surface area contributed by atoms with Gasteiger partial charge in [-0.1, -0.05) is 6.07 Å². The molecule has 0 saturated carbocycles. The van der Waals surface area contributed by atoms with Gasteiger partial charge in [0.1, 0.15) is 12.7 Å². The van der Waals surface area contributed by atoms with Crippen LogP contribution in [0.1, 0.15) is 33.3 Å². The first-order valence-electron chi connectivity index (χ1n) is 9.74. The molecule has 154 valence electrons. The van der Waals surface area contributed by atoms with Crippen LogP contribution in [0.3, 0.4) is 0 Å². The number of nitrogens with zero attached hydrogens (tertiary/aromatic N) is 2. The van der Waals surface area contributed by atoms with E-state index in [0.717, 1.165) is 31.8 Å². The van der Waals surface area contributed by atoms with Crippen molar-refractivity contribution < 1.29 is 19.3 Å². The molecular formula is C21H36N2O4. The average molecular weight is 381 g/mol. The van der Waals surface area contributed by atoms with Crippen LogP contribution in [-0.4, -0.2) is 79.7 Å². The number of ether oxygens (including phenoxy) is 3. The Morgan fingerprint density at radius 3 is 2.67 bits per heavy atom. The Labute approximate surface area is 164 Å². The number of hydrogen-bond acceptors (Lipinski definition) is 6. The van der Waals surface area contributed by atoms with E-state index in [-0.39, 0.29) is 12.2 Å². The molecule has 1 atom stereocenters. The highest BCUT2D eigenvalue weighted by molar-refractivity contribution is 5.43. The Balaban J connectivity index is 1.98. The highest BCUT2D eigenvalue weighted by Crippen LogP contribution is 2.29. The molecule has 0 radical (unpaired) electrons. The smallest absolute Gasteiger partial charge is 0.161 e. The fourth-order valence-electron chi connectivity index (χ4n) is 3.22. The molecule has 2 rings (SSSR count). The zero-order valence-electron chi connectivity index (χ0n) is 17.7. The van der Waals surface area contributed by atoms with Gasteiger partial charge in [-0.15, -0.1) is 0 Å². The second kappa shape index (κ2) is 9.73. The van der Waals surface area contributed by atoms with Crippen molar-refractivity contribution in [2.24, 2.45) is 0 Å². The van der Waals surface area contributed by atoms with Crippen molar-refractivity contribution in [2.75, 3.05) is 47.0 Å². The van der Waals surface area contributed by atoms with Gasteiger partial charge in [0.2, 0.25) is 0 Å². The summed E-state index contributed by atoms with van der Waals surface area (Å²) in [6.07, 6.45) is -0.550. The van der Waals surface area contributed by atoms with Gasteiger partial charge in [0, 0.05) is 32.2 Å². The first kappa shape index (κ1) is 22.0. The van der Waals surface area contributed by atoms with E-state index in [2.05, 4.69) is 43.6 Å². The number of likely N-dealkylation sites (N-methyl/N-ethyl adjacent to an activating group) is 1. The Bertz CT molecular complexity index is 592. The maximum atomic E-state index is 10.3. The molecular weight excluding hydrogens is 344 g/mol. The summed E-state index contributed by atoms with van der Waals surface area (Å²) in [4.78, 5) is 4.49. The molecule has 6 heteroatoms. The number of hydrogen-bond donors (Lipinski definition) is 1. The molecule has 0 aliphatic carbocycles. The molecule has 1 saturated heterocycles. The second-order valence-corrected chi connectivity index (χ2v) is 8.30. The van der Waals surface area contributed by atoms with Crippen LogP contribution in [0.25, 0.3) is 0 Å². The lowest BCUT2D eigenvalue weighted by molar-refractivity contribution is -0.0882. The van der Waals surface area contributed by atoms with Gasteiger partial charge < -0.3 is 24.2 Å². The Kier molecular flexibility index (Phi) is 7.91. The summed E-state index contributed by atoms with van der Waals surface area (Å²) in [6, 6.07) is 6.40. The number of morpholine rings is 1. The highest BCUT2D eigenvalue weighted by Gasteiger charge is 2.27. The third kappa shape index (κ3) is 6.96. The molecule has 1 aromatic rings. The van der Waals surface area contributed by atoms with Crippen LogP contribution >= 0.6 is 0 Å². The first-order valence-corrected chi connectivity index (χ1v) is 9.74. The third-order valence-electron chi connectivity index (χ3n) is 4.95. The van der Waals surface area contributed by atoms with Crippen LogP contribution in [-0.2, 0) is 11.3 Å². The van der Waals surface area contributed by atoms with E-state index in [0.29, 0.717) is 24.1 Å². The molecule has 1 aromatic carbocycles. The van der Waals surface area contributed by atoms with Crippen LogP contribution < -0.4 is 9.47 Å². The van der Waals surface area contributed by atoms with Gasteiger partial charge in [-0.3, -0.25) is 4.90 Å². The van der Waals surface area contributed by atoms with Gasteiger partial charge in [-0.25, -0.2) is 0 Å². The van der Waals surface area contributed by atoms with Crippen molar-refractivity contribution in [3.63, 3.8) is 0 Å². The van der Waals surface area contributed by atoms with E-state index in [9.17, 15) is 5.11 Å². The largest absolute Gasteiger partial charge is 0.493 e. The van der Waals surface area contributed by atoms with E-state index in [1.165, 1.54) is 0 Å². The highest BCUT2D eigenvalue weighted by atomic mass is 16.5. The normalized spacial score (nSPS) is 18.7. The van der Waals surface area contributed by atoms with Crippen molar-refractivity contribution in [1.82, 2.24) is 9.80 Å². The predicted molar refractivity (Wildman–Crippen MR) is 108 cm³/mol. The summed E-state index contributed by atoms with van der Waals surface area (Å²) in [5.41, 5.74) is 1.05. The molecule has 27 heavy (non-hydrogen) atoms. The van der Waals surface area contributed by atoms with E-state index in [1.807, 2.05) is 19.2 Å². The van der Waals surface area contributed by atoms with Crippen molar-refractivity contribution in [3.8, 4) is 11.5 Å². The van der Waals surface area contributed by atoms with Crippen LogP contribution in [0, 0.1) is 0 Å². The fraction of sp³-hybridized carbons (Fsp3) is 0.714. The lowest BCUT2D eigenvalue weighted by Crippen LogP contribution is -2.47. The molecule has 0 aromatic heterocycles. The van der Waals surface area contributed by atoms with Gasteiger partial charge in [0.25, 0.3) is 0 Å². The third-order valence-corrected chi connectivity index (χ3v) is 4.95. The SMILES string of the molecule is COc1ccc(CN2CCOC(C)(C)C2)cc1OC[C@@H](O)CN(C)C(C)C. The predicted octanol–water partition coefficient (Wildman–Crippen LogP) is 2.39. The van der Waals surface area contributed by atoms with Crippen molar-refractivity contribution in [2.45, 2.75) is 52.0 Å². The van der Waals surface area contributed by atoms with E-state index >= 15 is 0 Å². The Morgan fingerprint density at radius 2 is 2.04 bits per heavy atom. The van der Waals surface area contributed by atoms with Gasteiger partial charge >= 0.3 is 0 Å². The van der Waals surface area contributed by atoms with Gasteiger partial charge in [0.05, 0.1) is 19.3 Å². The number of methoxy groups -OCH3 is 1. The Morgan fingerprint density at radius 1 is 1.30 bits per heavy atom. The fourth-order valence-corrected chi connectivity index (χ4v) is 3.22. The quantitative estimate of drug-likeness (QED) is 0.710. The number of aliphatic hydroxyl groups is 1. The summed E-state index contributed by atoms with van der Waals surface area (Å²) in [7, 11) is 3.63. The maximum absolute atomic E-state index is 10.3. The standard InChI is InChI=1S/C21H36N2O4/c1-16(2)22(5)13-18(24)14-26-20-11-17(7-8-19(20)25-6)12-23-9-10-27-21(3,4)15-23/h7-8,11,16,18,24H,9-10,12-15H2,1-6H3/t18-/m0/s1. The Hall–Kier alpha value is -1.34. The molecule has 1 aliphatic rings. The minimum atomic E-state index is -0.550. The van der Waals surface area contributed by atoms with E-state index in [1.54, 1.807) is 7.11 Å². The lowest BCUT2D eigenvalue weighted by atomic mass is 10.1. The minimum absolute atomic E-state index is 0.114. The molecule has 1 N–H and O–H groups in total. The molecule has 0 unspecified atom stereocenters. The van der Waals surface area contributed by atoms with Crippen molar-refractivity contribution in [3.05, 3.63) is 23.8 Å². The topological polar surface area (TPSA) is 54.4 Å². The summed E-state index contributed by atoms with van der Waals surface area (Å²) in [5, 5.41) is 10.3. The van der Waals surface area contributed by atoms with Crippen molar-refractivity contribution in [1.29, 1.82) is 0 Å². The monoisotopic (exact) mass is 380 g/mol. The molecule has 6 nitrogen and oxygen atoms in total. The summed E-state index contributed by atoms with van der Waals surface area (Å²) in [5.74, 6) is 1.36. The maximum Gasteiger partial charge on any atom is 0.161 e. The van der Waals surface area contributed by atoms with Crippen LogP contribution in [0.15, 0.2) is 18.2 Å². The molecule has 1 aliphatic heterocycles. The van der Waals surface area contributed by atoms with Gasteiger partial charge in [-0.05, 0) is 52.4 Å². The molecule has 0 bridgehead atoms. The average Bonchev–Trinajstić information content (AvgIpc) is 2.59. The summed E-state index contributed by atoms with van der Waals surface area (Å²) < 4.78 is 17.1. The van der Waals surface area contributed by atoms with Gasteiger partial charge in [0.15, 0.2) is 11.5 Å². The molecule has 0 spiro atoms. The minimum Gasteiger partial charge on any atom is -0.493 e. The first-order chi connectivity index (χ1) is 12.7. The summed E-state index contributed by atoms with van der Waals surface area (Å²) >= 11 is 0. The van der Waals surface area contributed by atoms with Crippen LogP contribution in [0.5, 0.6) is 11.5 Å². The van der Waals surface area contributed by atoms with Crippen LogP contribution in [0.2, 0.25) is 0 Å². The van der Waals surface area contributed by atoms with Gasteiger partial charge in [-0.2, -0.15) is 0 Å². The van der Waals surface area contributed by atoms with Crippen molar-refractivity contribution >= 4 is 0 Å². The van der Waals surface area contributed by atoms with E-state index < -0.39 is 6.10 Å². The zero-order chi connectivity index (χ0) is 20.0. The number of rotatable bonds is 9. The van der Waals surface area contributed by atoms with Crippen LogP contribution in [0.4, 0.5) is 0 Å². The molecule has 0 amide bonds. The summed E-state index contributed by atoms with van der Waals surface area (Å²) in [6.45, 7) is 12.7. The number of aliphatic hydroxyl groups excluding tert-OH is 1. The lowest BCUT2D eigenvalue weighted by Gasteiger charge is -2.38. The zero-order valence-corrected chi connectivity index (χ0v) is 17.7. The van der Waals surface area contributed by atoms with E-state index in [4.69, 9.17) is 14.2 Å².